The van der Waals surface area contributed by atoms with Crippen LogP contribution in [-0.2, 0) is 6.54 Å². The third-order valence-corrected chi connectivity index (χ3v) is 3.62. The molecule has 2 heteroatoms. The van der Waals surface area contributed by atoms with Gasteiger partial charge in [0.05, 0.1) is 6.10 Å². The minimum atomic E-state index is -0.299. The Bertz CT molecular complexity index is 331. The molecule has 1 fully saturated rings. The van der Waals surface area contributed by atoms with E-state index in [1.807, 2.05) is 24.3 Å². The Morgan fingerprint density at radius 2 is 2.00 bits per heavy atom. The molecule has 1 saturated carbocycles. The molecule has 0 radical (unpaired) electrons. The molecule has 0 spiro atoms. The molecule has 1 aromatic rings. The van der Waals surface area contributed by atoms with Crippen LogP contribution in [0.15, 0.2) is 24.3 Å². The molecule has 0 heterocycles. The fourth-order valence-electron chi connectivity index (χ4n) is 2.63. The smallest absolute Gasteiger partial charge is 0.0818 e. The Labute approximate surface area is 97.5 Å². The molecule has 1 aromatic carbocycles. The molecule has 1 unspecified atom stereocenters. The SMILES string of the molecule is NCc1cccc(C(O)C2CCCCC2)c1. The second-order valence-electron chi connectivity index (χ2n) is 4.79. The molecule has 0 amide bonds. The second-order valence-corrected chi connectivity index (χ2v) is 4.79. The third kappa shape index (κ3) is 2.63. The van der Waals surface area contributed by atoms with Crippen LogP contribution in [0.4, 0.5) is 0 Å². The van der Waals surface area contributed by atoms with Crippen molar-refractivity contribution < 1.29 is 5.11 Å². The summed E-state index contributed by atoms with van der Waals surface area (Å²) in [4.78, 5) is 0. The number of aliphatic hydroxyl groups is 1. The summed E-state index contributed by atoms with van der Waals surface area (Å²) in [5.41, 5.74) is 7.76. The fourth-order valence-corrected chi connectivity index (χ4v) is 2.63. The first-order chi connectivity index (χ1) is 7.81. The van der Waals surface area contributed by atoms with Gasteiger partial charge >= 0.3 is 0 Å². The molecule has 0 bridgehead atoms. The standard InChI is InChI=1S/C14H21NO/c15-10-11-5-4-8-13(9-11)14(16)12-6-2-1-3-7-12/h4-5,8-9,12,14,16H,1-3,6-7,10,15H2. The summed E-state index contributed by atoms with van der Waals surface area (Å²) in [7, 11) is 0. The third-order valence-electron chi connectivity index (χ3n) is 3.62. The second kappa shape index (κ2) is 5.46. The highest BCUT2D eigenvalue weighted by atomic mass is 16.3. The molecular formula is C14H21NO. The van der Waals surface area contributed by atoms with E-state index in [-0.39, 0.29) is 6.10 Å². The van der Waals surface area contributed by atoms with Crippen molar-refractivity contribution in [1.82, 2.24) is 0 Å². The number of hydrogen-bond donors (Lipinski definition) is 2. The van der Waals surface area contributed by atoms with Crippen LogP contribution in [0, 0.1) is 5.92 Å². The molecule has 1 atom stereocenters. The Morgan fingerprint density at radius 1 is 1.25 bits per heavy atom. The van der Waals surface area contributed by atoms with Crippen LogP contribution >= 0.6 is 0 Å². The highest BCUT2D eigenvalue weighted by Gasteiger charge is 2.22. The molecule has 3 N–H and O–H groups in total. The van der Waals surface area contributed by atoms with Gasteiger partial charge in [0.1, 0.15) is 0 Å². The summed E-state index contributed by atoms with van der Waals surface area (Å²) in [5, 5.41) is 10.3. The zero-order chi connectivity index (χ0) is 11.4. The van der Waals surface area contributed by atoms with Gasteiger partial charge in [0, 0.05) is 6.54 Å². The lowest BCUT2D eigenvalue weighted by atomic mass is 9.82. The van der Waals surface area contributed by atoms with Crippen LogP contribution in [0.2, 0.25) is 0 Å². The van der Waals surface area contributed by atoms with Gasteiger partial charge in [-0.15, -0.1) is 0 Å². The molecule has 16 heavy (non-hydrogen) atoms. The monoisotopic (exact) mass is 219 g/mol. The number of hydrogen-bond acceptors (Lipinski definition) is 2. The van der Waals surface area contributed by atoms with Crippen molar-refractivity contribution in [3.05, 3.63) is 35.4 Å². The Kier molecular flexibility index (Phi) is 3.97. The van der Waals surface area contributed by atoms with Crippen LogP contribution in [0.1, 0.15) is 49.3 Å². The Balaban J connectivity index is 2.09. The molecule has 0 aromatic heterocycles. The van der Waals surface area contributed by atoms with E-state index >= 15 is 0 Å². The normalized spacial score (nSPS) is 19.6. The lowest BCUT2D eigenvalue weighted by Crippen LogP contribution is -2.16. The highest BCUT2D eigenvalue weighted by molar-refractivity contribution is 5.25. The maximum absolute atomic E-state index is 10.3. The van der Waals surface area contributed by atoms with Gasteiger partial charge in [-0.2, -0.15) is 0 Å². The van der Waals surface area contributed by atoms with Crippen molar-refractivity contribution >= 4 is 0 Å². The van der Waals surface area contributed by atoms with Crippen LogP contribution in [-0.4, -0.2) is 5.11 Å². The average Bonchev–Trinajstić information content (AvgIpc) is 2.39. The van der Waals surface area contributed by atoms with Crippen LogP contribution < -0.4 is 5.73 Å². The van der Waals surface area contributed by atoms with Crippen LogP contribution in [0.25, 0.3) is 0 Å². The zero-order valence-corrected chi connectivity index (χ0v) is 9.73. The van der Waals surface area contributed by atoms with Crippen molar-refractivity contribution in [2.75, 3.05) is 0 Å². The highest BCUT2D eigenvalue weighted by Crippen LogP contribution is 2.34. The lowest BCUT2D eigenvalue weighted by molar-refractivity contribution is 0.0848. The first kappa shape index (κ1) is 11.6. The van der Waals surface area contributed by atoms with Gasteiger partial charge in [0.2, 0.25) is 0 Å². The summed E-state index contributed by atoms with van der Waals surface area (Å²) < 4.78 is 0. The Morgan fingerprint density at radius 3 is 2.69 bits per heavy atom. The van der Waals surface area contributed by atoms with E-state index in [2.05, 4.69) is 0 Å². The largest absolute Gasteiger partial charge is 0.388 e. The van der Waals surface area contributed by atoms with Gasteiger partial charge < -0.3 is 10.8 Å². The number of aliphatic hydroxyl groups excluding tert-OH is 1. The molecule has 0 aliphatic heterocycles. The van der Waals surface area contributed by atoms with E-state index in [4.69, 9.17) is 5.73 Å². The number of rotatable bonds is 3. The van der Waals surface area contributed by atoms with Gasteiger partial charge in [0.25, 0.3) is 0 Å². The van der Waals surface area contributed by atoms with Crippen LogP contribution in [0.3, 0.4) is 0 Å². The molecule has 2 rings (SSSR count). The zero-order valence-electron chi connectivity index (χ0n) is 9.73. The van der Waals surface area contributed by atoms with Gasteiger partial charge in [-0.25, -0.2) is 0 Å². The van der Waals surface area contributed by atoms with Crippen molar-refractivity contribution in [3.63, 3.8) is 0 Å². The van der Waals surface area contributed by atoms with Gasteiger partial charge in [-0.3, -0.25) is 0 Å². The van der Waals surface area contributed by atoms with E-state index in [0.717, 1.165) is 24.0 Å². The van der Waals surface area contributed by atoms with E-state index in [1.165, 1.54) is 19.3 Å². The molecule has 0 saturated heterocycles. The molecule has 1 aliphatic rings. The van der Waals surface area contributed by atoms with Crippen molar-refractivity contribution in [3.8, 4) is 0 Å². The van der Waals surface area contributed by atoms with Gasteiger partial charge in [0.15, 0.2) is 0 Å². The molecule has 88 valence electrons. The summed E-state index contributed by atoms with van der Waals surface area (Å²) in [6, 6.07) is 8.05. The van der Waals surface area contributed by atoms with Crippen molar-refractivity contribution in [2.45, 2.75) is 44.8 Å². The van der Waals surface area contributed by atoms with Crippen LogP contribution in [0.5, 0.6) is 0 Å². The van der Waals surface area contributed by atoms with Crippen molar-refractivity contribution in [1.29, 1.82) is 0 Å². The average molecular weight is 219 g/mol. The minimum absolute atomic E-state index is 0.299. The first-order valence-corrected chi connectivity index (χ1v) is 6.28. The molecule has 1 aliphatic carbocycles. The predicted molar refractivity (Wildman–Crippen MR) is 65.9 cm³/mol. The Hall–Kier alpha value is -0.860. The van der Waals surface area contributed by atoms with E-state index in [1.54, 1.807) is 0 Å². The first-order valence-electron chi connectivity index (χ1n) is 6.28. The van der Waals surface area contributed by atoms with Crippen molar-refractivity contribution in [2.24, 2.45) is 11.7 Å². The number of nitrogens with two attached hydrogens (primary N) is 1. The number of benzene rings is 1. The fraction of sp³-hybridized carbons (Fsp3) is 0.571. The molecule has 2 nitrogen and oxygen atoms in total. The summed E-state index contributed by atoms with van der Waals surface area (Å²) in [6.45, 7) is 0.547. The maximum Gasteiger partial charge on any atom is 0.0818 e. The minimum Gasteiger partial charge on any atom is -0.388 e. The predicted octanol–water partition coefficient (Wildman–Crippen LogP) is 2.76. The summed E-state index contributed by atoms with van der Waals surface area (Å²) in [6.07, 6.45) is 5.87. The van der Waals surface area contributed by atoms with Gasteiger partial charge in [-0.1, -0.05) is 43.5 Å². The summed E-state index contributed by atoms with van der Waals surface area (Å²) in [5.74, 6) is 0.446. The van der Waals surface area contributed by atoms with E-state index in [0.29, 0.717) is 12.5 Å². The van der Waals surface area contributed by atoms with E-state index in [9.17, 15) is 5.11 Å². The molecular weight excluding hydrogens is 198 g/mol. The summed E-state index contributed by atoms with van der Waals surface area (Å²) >= 11 is 0. The van der Waals surface area contributed by atoms with Gasteiger partial charge in [-0.05, 0) is 29.9 Å². The quantitative estimate of drug-likeness (QED) is 0.821. The topological polar surface area (TPSA) is 46.2 Å². The lowest BCUT2D eigenvalue weighted by Gasteiger charge is -2.27. The van der Waals surface area contributed by atoms with E-state index < -0.39 is 0 Å². The maximum atomic E-state index is 10.3.